The molecule has 1 aliphatic rings. The number of H-pyrrole nitrogens is 1. The van der Waals surface area contributed by atoms with E-state index < -0.39 is 0 Å². The second-order valence-electron chi connectivity index (χ2n) is 5.56. The Bertz CT molecular complexity index is 742. The van der Waals surface area contributed by atoms with E-state index in [0.29, 0.717) is 17.5 Å². The number of aryl methyl sites for hydroxylation is 1. The van der Waals surface area contributed by atoms with Crippen molar-refractivity contribution in [3.63, 3.8) is 0 Å². The minimum atomic E-state index is -0.303. The summed E-state index contributed by atoms with van der Waals surface area (Å²) < 4.78 is 19.6. The van der Waals surface area contributed by atoms with Crippen molar-refractivity contribution in [2.75, 3.05) is 6.61 Å². The molecule has 6 heteroatoms. The van der Waals surface area contributed by atoms with Crippen LogP contribution < -0.4 is 5.73 Å². The standard InChI is InChI=1S/C16H18BrFN2O2/c1-2-22-16(21)8-3-4-10-12(6-8)20-15-9(7-19)5-11(18)14(17)13(10)15/h5,8,20H,2-4,6-7,19H2,1H3. The summed E-state index contributed by atoms with van der Waals surface area (Å²) >= 11 is 3.34. The van der Waals surface area contributed by atoms with E-state index in [-0.39, 0.29) is 24.2 Å². The summed E-state index contributed by atoms with van der Waals surface area (Å²) in [5.74, 6) is -0.594. The number of nitrogens with one attached hydrogen (secondary N) is 1. The van der Waals surface area contributed by atoms with Crippen LogP contribution in [0, 0.1) is 11.7 Å². The molecule has 0 bridgehead atoms. The van der Waals surface area contributed by atoms with Crippen LogP contribution in [0.25, 0.3) is 10.9 Å². The summed E-state index contributed by atoms with van der Waals surface area (Å²) in [6, 6.07) is 1.46. The monoisotopic (exact) mass is 368 g/mol. The molecule has 22 heavy (non-hydrogen) atoms. The number of fused-ring (bicyclic) bond motifs is 3. The smallest absolute Gasteiger partial charge is 0.309 e. The van der Waals surface area contributed by atoms with E-state index >= 15 is 0 Å². The fourth-order valence-corrected chi connectivity index (χ4v) is 3.77. The molecule has 0 saturated carbocycles. The van der Waals surface area contributed by atoms with Crippen LogP contribution in [0.2, 0.25) is 0 Å². The number of carbonyl (C=O) groups is 1. The van der Waals surface area contributed by atoms with Crippen LogP contribution in [0.4, 0.5) is 4.39 Å². The maximum atomic E-state index is 14.1. The van der Waals surface area contributed by atoms with Crippen molar-refractivity contribution in [2.45, 2.75) is 32.7 Å². The molecular formula is C16H18BrFN2O2. The molecule has 1 aliphatic carbocycles. The van der Waals surface area contributed by atoms with Gasteiger partial charge in [0.05, 0.1) is 22.5 Å². The van der Waals surface area contributed by atoms with E-state index in [1.807, 2.05) is 6.92 Å². The van der Waals surface area contributed by atoms with Crippen molar-refractivity contribution in [1.29, 1.82) is 0 Å². The van der Waals surface area contributed by atoms with Gasteiger partial charge in [-0.15, -0.1) is 0 Å². The van der Waals surface area contributed by atoms with E-state index in [4.69, 9.17) is 10.5 Å². The number of hydrogen-bond acceptors (Lipinski definition) is 3. The van der Waals surface area contributed by atoms with Crippen molar-refractivity contribution in [3.05, 3.63) is 33.2 Å². The third kappa shape index (κ3) is 2.44. The first kappa shape index (κ1) is 15.5. The minimum Gasteiger partial charge on any atom is -0.466 e. The molecule has 0 amide bonds. The molecule has 1 unspecified atom stereocenters. The number of aromatic nitrogens is 1. The zero-order valence-electron chi connectivity index (χ0n) is 12.3. The number of rotatable bonds is 3. The zero-order valence-corrected chi connectivity index (χ0v) is 13.9. The average molecular weight is 369 g/mol. The third-order valence-corrected chi connectivity index (χ3v) is 5.05. The second kappa shape index (κ2) is 6.01. The van der Waals surface area contributed by atoms with Gasteiger partial charge in [-0.1, -0.05) is 0 Å². The number of esters is 1. The SMILES string of the molecule is CCOC(=O)C1CCc2c([nH]c3c(CN)cc(F)c(Br)c23)C1. The van der Waals surface area contributed by atoms with Gasteiger partial charge < -0.3 is 15.5 Å². The third-order valence-electron chi connectivity index (χ3n) is 4.28. The van der Waals surface area contributed by atoms with Gasteiger partial charge in [0.25, 0.3) is 0 Å². The van der Waals surface area contributed by atoms with Crippen molar-refractivity contribution in [3.8, 4) is 0 Å². The van der Waals surface area contributed by atoms with Crippen LogP contribution in [-0.2, 0) is 28.9 Å². The molecule has 3 rings (SSSR count). The van der Waals surface area contributed by atoms with Crippen molar-refractivity contribution < 1.29 is 13.9 Å². The lowest BCUT2D eigenvalue weighted by Gasteiger charge is -2.20. The maximum absolute atomic E-state index is 14.1. The molecule has 0 radical (unpaired) electrons. The average Bonchev–Trinajstić information content (AvgIpc) is 2.89. The summed E-state index contributed by atoms with van der Waals surface area (Å²) in [5, 5.41) is 0.859. The van der Waals surface area contributed by atoms with Gasteiger partial charge in [-0.05, 0) is 52.9 Å². The van der Waals surface area contributed by atoms with Gasteiger partial charge in [-0.3, -0.25) is 4.79 Å². The largest absolute Gasteiger partial charge is 0.466 e. The van der Waals surface area contributed by atoms with Crippen LogP contribution >= 0.6 is 15.9 Å². The first-order chi connectivity index (χ1) is 10.6. The Morgan fingerprint density at radius 2 is 2.36 bits per heavy atom. The highest BCUT2D eigenvalue weighted by molar-refractivity contribution is 9.10. The molecule has 4 nitrogen and oxygen atoms in total. The molecular weight excluding hydrogens is 351 g/mol. The first-order valence-corrected chi connectivity index (χ1v) is 8.23. The lowest BCUT2D eigenvalue weighted by molar-refractivity contribution is -0.148. The fourth-order valence-electron chi connectivity index (χ4n) is 3.22. The summed E-state index contributed by atoms with van der Waals surface area (Å²) in [7, 11) is 0. The summed E-state index contributed by atoms with van der Waals surface area (Å²) in [5.41, 5.74) is 9.41. The van der Waals surface area contributed by atoms with Gasteiger partial charge in [-0.25, -0.2) is 4.39 Å². The first-order valence-electron chi connectivity index (χ1n) is 7.43. The molecule has 0 saturated heterocycles. The van der Waals surface area contributed by atoms with Crippen molar-refractivity contribution in [2.24, 2.45) is 11.7 Å². The Morgan fingerprint density at radius 1 is 1.59 bits per heavy atom. The van der Waals surface area contributed by atoms with Gasteiger partial charge in [0.15, 0.2) is 0 Å². The molecule has 1 aromatic heterocycles. The topological polar surface area (TPSA) is 68.1 Å². The number of carbonyl (C=O) groups excluding carboxylic acids is 1. The van der Waals surface area contributed by atoms with Gasteiger partial charge >= 0.3 is 5.97 Å². The van der Waals surface area contributed by atoms with Crippen LogP contribution in [0.3, 0.4) is 0 Å². The fraction of sp³-hybridized carbons (Fsp3) is 0.438. The van der Waals surface area contributed by atoms with Crippen LogP contribution in [0.1, 0.15) is 30.2 Å². The van der Waals surface area contributed by atoms with Gasteiger partial charge in [0.2, 0.25) is 0 Å². The normalized spacial score (nSPS) is 17.5. The van der Waals surface area contributed by atoms with E-state index in [1.54, 1.807) is 0 Å². The summed E-state index contributed by atoms with van der Waals surface area (Å²) in [6.45, 7) is 2.47. The number of halogens is 2. The Morgan fingerprint density at radius 3 is 3.05 bits per heavy atom. The Hall–Kier alpha value is -1.40. The zero-order chi connectivity index (χ0) is 15.9. The van der Waals surface area contributed by atoms with Crippen molar-refractivity contribution in [1.82, 2.24) is 4.98 Å². The highest BCUT2D eigenvalue weighted by Crippen LogP contribution is 2.38. The molecule has 0 spiro atoms. The van der Waals surface area contributed by atoms with Crippen LogP contribution in [0.15, 0.2) is 10.5 Å². The molecule has 1 atom stereocenters. The number of ether oxygens (including phenoxy) is 1. The summed E-state index contributed by atoms with van der Waals surface area (Å²) in [6.07, 6.45) is 2.05. The van der Waals surface area contributed by atoms with E-state index in [1.165, 1.54) is 6.07 Å². The number of aromatic amines is 1. The molecule has 1 aromatic carbocycles. The van der Waals surface area contributed by atoms with Gasteiger partial charge in [-0.2, -0.15) is 0 Å². The maximum Gasteiger partial charge on any atom is 0.309 e. The molecule has 2 aromatic rings. The highest BCUT2D eigenvalue weighted by Gasteiger charge is 2.29. The Balaban J connectivity index is 2.07. The quantitative estimate of drug-likeness (QED) is 0.817. The lowest BCUT2D eigenvalue weighted by atomic mass is 9.87. The second-order valence-corrected chi connectivity index (χ2v) is 6.35. The van der Waals surface area contributed by atoms with E-state index in [9.17, 15) is 9.18 Å². The summed E-state index contributed by atoms with van der Waals surface area (Å²) in [4.78, 5) is 15.3. The molecule has 1 heterocycles. The van der Waals surface area contributed by atoms with Crippen LogP contribution in [0.5, 0.6) is 0 Å². The molecule has 118 valence electrons. The number of hydrogen-bond donors (Lipinski definition) is 2. The lowest BCUT2D eigenvalue weighted by Crippen LogP contribution is -2.24. The van der Waals surface area contributed by atoms with Crippen LogP contribution in [-0.4, -0.2) is 17.6 Å². The molecule has 0 fully saturated rings. The molecule has 3 N–H and O–H groups in total. The minimum absolute atomic E-state index is 0.134. The van der Waals surface area contributed by atoms with Gasteiger partial charge in [0, 0.05) is 24.0 Å². The predicted octanol–water partition coefficient (Wildman–Crippen LogP) is 3.20. The Labute approximate surface area is 136 Å². The van der Waals surface area contributed by atoms with E-state index in [2.05, 4.69) is 20.9 Å². The van der Waals surface area contributed by atoms with Crippen molar-refractivity contribution >= 4 is 32.8 Å². The van der Waals surface area contributed by atoms with E-state index in [0.717, 1.165) is 40.6 Å². The number of nitrogens with two attached hydrogens (primary N) is 1. The number of benzene rings is 1. The molecule has 0 aliphatic heterocycles. The van der Waals surface area contributed by atoms with Gasteiger partial charge in [0.1, 0.15) is 5.82 Å². The highest BCUT2D eigenvalue weighted by atomic mass is 79.9. The predicted molar refractivity (Wildman–Crippen MR) is 86.0 cm³/mol. The Kier molecular flexibility index (Phi) is 4.23.